The molecule has 0 heterocycles. The first-order valence-electron chi connectivity index (χ1n) is 9.83. The molecule has 2 heteroatoms. The van der Waals surface area contributed by atoms with Gasteiger partial charge < -0.3 is 0 Å². The standard InChI is InChI=1S/C12H18F2.C10H16.C4H8/c1-5-11(9(2)3)12(14)7-6-10(4)8-13;1-5-9(4)8-10(6-2)7-3;1-4(2)3/h5-7,9H,8H2,1-4H3;5-6,8H,2,7H2,1,3-4H3;1H2,2-3H3/b10-6?,11-5+,12-7+;9-5-,10-8+;. The molecule has 0 aromatic rings. The van der Waals surface area contributed by atoms with Crippen molar-refractivity contribution in [3.63, 3.8) is 0 Å². The molecule has 0 rings (SSSR count). The molecule has 0 aliphatic rings. The third-order valence-corrected chi connectivity index (χ3v) is 3.47. The van der Waals surface area contributed by atoms with Gasteiger partial charge in [-0.05, 0) is 76.7 Å². The number of halogens is 2. The molecule has 0 aliphatic heterocycles. The number of allylic oxidation sites excluding steroid dienone is 12. The Morgan fingerprint density at radius 3 is 1.79 bits per heavy atom. The Morgan fingerprint density at radius 2 is 1.50 bits per heavy atom. The van der Waals surface area contributed by atoms with Gasteiger partial charge in [-0.3, -0.25) is 0 Å². The maximum atomic E-state index is 13.4. The van der Waals surface area contributed by atoms with Crippen LogP contribution in [0.15, 0.2) is 83.3 Å². The van der Waals surface area contributed by atoms with Crippen molar-refractivity contribution in [2.24, 2.45) is 5.92 Å². The summed E-state index contributed by atoms with van der Waals surface area (Å²) in [5.41, 5.74) is 4.96. The van der Waals surface area contributed by atoms with Crippen LogP contribution in [0.3, 0.4) is 0 Å². The summed E-state index contributed by atoms with van der Waals surface area (Å²) in [6.45, 7) is 24.3. The predicted octanol–water partition coefficient (Wildman–Crippen LogP) is 9.42. The Labute approximate surface area is 173 Å². The first kappa shape index (κ1) is 30.8. The van der Waals surface area contributed by atoms with Gasteiger partial charge in [-0.2, -0.15) is 0 Å². The minimum Gasteiger partial charge on any atom is -0.246 e. The first-order valence-corrected chi connectivity index (χ1v) is 9.83. The lowest BCUT2D eigenvalue weighted by atomic mass is 10.0. The van der Waals surface area contributed by atoms with Crippen LogP contribution < -0.4 is 0 Å². The summed E-state index contributed by atoms with van der Waals surface area (Å²) in [6.07, 6.45) is 11.8. The summed E-state index contributed by atoms with van der Waals surface area (Å²) in [7, 11) is 0. The van der Waals surface area contributed by atoms with Crippen molar-refractivity contribution in [2.45, 2.75) is 68.7 Å². The molecule has 0 aromatic carbocycles. The molecule has 0 aliphatic carbocycles. The Kier molecular flexibility index (Phi) is 21.7. The smallest absolute Gasteiger partial charge is 0.126 e. The Hall–Kier alpha value is -1.96. The number of rotatable bonds is 7. The monoisotopic (exact) mass is 392 g/mol. The highest BCUT2D eigenvalue weighted by Gasteiger charge is 2.06. The lowest BCUT2D eigenvalue weighted by Gasteiger charge is -2.07. The van der Waals surface area contributed by atoms with E-state index >= 15 is 0 Å². The van der Waals surface area contributed by atoms with E-state index in [1.165, 1.54) is 28.9 Å². The summed E-state index contributed by atoms with van der Waals surface area (Å²) < 4.78 is 25.5. The molecule has 0 spiro atoms. The maximum absolute atomic E-state index is 13.4. The van der Waals surface area contributed by atoms with E-state index < -0.39 is 6.67 Å². The van der Waals surface area contributed by atoms with Gasteiger partial charge in [0, 0.05) is 0 Å². The van der Waals surface area contributed by atoms with Gasteiger partial charge in [0.15, 0.2) is 0 Å². The van der Waals surface area contributed by atoms with Crippen LogP contribution in [0, 0.1) is 5.92 Å². The number of hydrogen-bond donors (Lipinski definition) is 0. The average molecular weight is 393 g/mol. The minimum absolute atomic E-state index is 0.148. The van der Waals surface area contributed by atoms with E-state index in [0.717, 1.165) is 6.42 Å². The average Bonchev–Trinajstić information content (AvgIpc) is 2.64. The fraction of sp³-hybridized carbons (Fsp3) is 0.462. The van der Waals surface area contributed by atoms with Gasteiger partial charge in [-0.1, -0.05) is 68.9 Å². The highest BCUT2D eigenvalue weighted by molar-refractivity contribution is 5.30. The zero-order valence-corrected chi connectivity index (χ0v) is 19.6. The Bertz CT molecular complexity index is 590. The van der Waals surface area contributed by atoms with Gasteiger partial charge in [0.25, 0.3) is 0 Å². The molecule has 0 nitrogen and oxygen atoms in total. The molecule has 0 saturated heterocycles. The summed E-state index contributed by atoms with van der Waals surface area (Å²) in [5, 5.41) is 0. The van der Waals surface area contributed by atoms with Crippen LogP contribution >= 0.6 is 0 Å². The molecule has 160 valence electrons. The van der Waals surface area contributed by atoms with E-state index in [2.05, 4.69) is 39.2 Å². The van der Waals surface area contributed by atoms with Crippen molar-refractivity contribution in [2.75, 3.05) is 6.67 Å². The van der Waals surface area contributed by atoms with E-state index in [9.17, 15) is 8.78 Å². The Balaban J connectivity index is -0.000000388. The van der Waals surface area contributed by atoms with Gasteiger partial charge in [0.05, 0.1) is 0 Å². The highest BCUT2D eigenvalue weighted by atomic mass is 19.1. The summed E-state index contributed by atoms with van der Waals surface area (Å²) in [4.78, 5) is 0. The topological polar surface area (TPSA) is 0 Å². The number of hydrogen-bond acceptors (Lipinski definition) is 0. The molecule has 0 aromatic heterocycles. The van der Waals surface area contributed by atoms with Gasteiger partial charge >= 0.3 is 0 Å². The van der Waals surface area contributed by atoms with E-state index in [1.54, 1.807) is 19.9 Å². The lowest BCUT2D eigenvalue weighted by Crippen LogP contribution is -1.94. The maximum Gasteiger partial charge on any atom is 0.126 e. The van der Waals surface area contributed by atoms with Crippen molar-refractivity contribution in [1.82, 2.24) is 0 Å². The minimum atomic E-state index is -0.531. The largest absolute Gasteiger partial charge is 0.246 e. The lowest BCUT2D eigenvalue weighted by molar-refractivity contribution is 0.543. The zero-order chi connectivity index (χ0) is 22.7. The molecule has 28 heavy (non-hydrogen) atoms. The van der Waals surface area contributed by atoms with Gasteiger partial charge in [-0.25, -0.2) is 8.78 Å². The molecule has 0 radical (unpaired) electrons. The normalized spacial score (nSPS) is 13.4. The van der Waals surface area contributed by atoms with E-state index in [4.69, 9.17) is 0 Å². The first-order chi connectivity index (χ1) is 13.0. The molecule has 0 saturated carbocycles. The van der Waals surface area contributed by atoms with Crippen LogP contribution in [0.4, 0.5) is 8.78 Å². The Morgan fingerprint density at radius 1 is 1.00 bits per heavy atom. The third-order valence-electron chi connectivity index (χ3n) is 3.47. The van der Waals surface area contributed by atoms with Crippen molar-refractivity contribution in [3.8, 4) is 0 Å². The SMILES string of the molecule is C/C=C(/C(F)=C\C=C(C)CF)C(C)C.C=C(C)C.C=C/C(=C\C(C)=C/C)CC. The molecule has 0 unspecified atom stereocenters. The second-order valence-electron chi connectivity index (χ2n) is 7.08. The van der Waals surface area contributed by atoms with E-state index in [0.29, 0.717) is 11.1 Å². The van der Waals surface area contributed by atoms with Crippen molar-refractivity contribution in [3.05, 3.63) is 83.3 Å². The van der Waals surface area contributed by atoms with Gasteiger partial charge in [0.2, 0.25) is 0 Å². The van der Waals surface area contributed by atoms with Crippen molar-refractivity contribution < 1.29 is 8.78 Å². The quantitative estimate of drug-likeness (QED) is 0.299. The molecule has 0 fully saturated rings. The van der Waals surface area contributed by atoms with Crippen LogP contribution in [0.2, 0.25) is 0 Å². The van der Waals surface area contributed by atoms with Gasteiger partial charge in [-0.15, -0.1) is 6.58 Å². The van der Waals surface area contributed by atoms with Crippen LogP contribution in [-0.2, 0) is 0 Å². The van der Waals surface area contributed by atoms with Crippen molar-refractivity contribution in [1.29, 1.82) is 0 Å². The summed E-state index contributed by atoms with van der Waals surface area (Å²) in [5.74, 6) is -0.134. The van der Waals surface area contributed by atoms with Crippen LogP contribution in [0.5, 0.6) is 0 Å². The molecule has 0 N–H and O–H groups in total. The third kappa shape index (κ3) is 20.4. The second-order valence-corrected chi connectivity index (χ2v) is 7.08. The van der Waals surface area contributed by atoms with Crippen LogP contribution in [-0.4, -0.2) is 6.67 Å². The summed E-state index contributed by atoms with van der Waals surface area (Å²) in [6, 6.07) is 0. The van der Waals surface area contributed by atoms with Crippen LogP contribution in [0.25, 0.3) is 0 Å². The van der Waals surface area contributed by atoms with E-state index in [1.807, 2.05) is 40.7 Å². The predicted molar refractivity (Wildman–Crippen MR) is 126 cm³/mol. The second kappa shape index (κ2) is 19.8. The van der Waals surface area contributed by atoms with Crippen LogP contribution in [0.1, 0.15) is 68.7 Å². The molecule has 0 amide bonds. The fourth-order valence-corrected chi connectivity index (χ4v) is 1.78. The van der Waals surface area contributed by atoms with E-state index in [-0.39, 0.29) is 11.7 Å². The molecular formula is C26H42F2. The van der Waals surface area contributed by atoms with Gasteiger partial charge in [0.1, 0.15) is 12.5 Å². The van der Waals surface area contributed by atoms with Crippen molar-refractivity contribution >= 4 is 0 Å². The molecular weight excluding hydrogens is 350 g/mol. The molecule has 0 atom stereocenters. The summed E-state index contributed by atoms with van der Waals surface area (Å²) >= 11 is 0. The highest BCUT2D eigenvalue weighted by Crippen LogP contribution is 2.20. The molecule has 0 bridgehead atoms. The fourth-order valence-electron chi connectivity index (χ4n) is 1.78. The zero-order valence-electron chi connectivity index (χ0n) is 19.6. The number of alkyl halides is 1.